The zero-order valence-electron chi connectivity index (χ0n) is 11.6. The van der Waals surface area contributed by atoms with Crippen molar-refractivity contribution in [3.8, 4) is 5.75 Å². The SMILES string of the molecule is CCCOc1cc(NCc2ncc(C)s2)c(N)cc1F. The summed E-state index contributed by atoms with van der Waals surface area (Å²) in [4.78, 5) is 5.41. The van der Waals surface area contributed by atoms with Gasteiger partial charge in [0.05, 0.1) is 24.5 Å². The number of nitrogens with one attached hydrogen (secondary N) is 1. The van der Waals surface area contributed by atoms with Gasteiger partial charge in [-0.15, -0.1) is 11.3 Å². The molecule has 0 aliphatic heterocycles. The van der Waals surface area contributed by atoms with Crippen LogP contribution < -0.4 is 15.8 Å². The Hall–Kier alpha value is -1.82. The first-order valence-corrected chi connectivity index (χ1v) is 7.28. The molecule has 0 aliphatic carbocycles. The average Bonchev–Trinajstić information content (AvgIpc) is 2.82. The van der Waals surface area contributed by atoms with Crippen LogP contribution in [0.3, 0.4) is 0 Å². The summed E-state index contributed by atoms with van der Waals surface area (Å²) >= 11 is 1.61. The molecule has 108 valence electrons. The van der Waals surface area contributed by atoms with Crippen molar-refractivity contribution >= 4 is 22.7 Å². The van der Waals surface area contributed by atoms with Crippen LogP contribution in [0.5, 0.6) is 5.75 Å². The highest BCUT2D eigenvalue weighted by Crippen LogP contribution is 2.29. The second-order valence-electron chi connectivity index (χ2n) is 4.44. The third-order valence-electron chi connectivity index (χ3n) is 2.66. The second-order valence-corrected chi connectivity index (χ2v) is 5.76. The maximum Gasteiger partial charge on any atom is 0.167 e. The predicted molar refractivity (Wildman–Crippen MR) is 80.8 cm³/mol. The number of rotatable bonds is 6. The van der Waals surface area contributed by atoms with Gasteiger partial charge in [0.1, 0.15) is 5.01 Å². The zero-order valence-corrected chi connectivity index (χ0v) is 12.4. The number of nitrogens with two attached hydrogens (primary N) is 1. The molecule has 0 radical (unpaired) electrons. The lowest BCUT2D eigenvalue weighted by molar-refractivity contribution is 0.301. The van der Waals surface area contributed by atoms with Gasteiger partial charge in [0, 0.05) is 23.2 Å². The lowest BCUT2D eigenvalue weighted by atomic mass is 10.2. The minimum absolute atomic E-state index is 0.221. The van der Waals surface area contributed by atoms with Crippen molar-refractivity contribution < 1.29 is 9.13 Å². The number of benzene rings is 1. The standard InChI is InChI=1S/C14H18FN3OS/c1-3-4-19-13-6-12(11(16)5-10(13)15)17-8-14-18-7-9(2)20-14/h5-7,17H,3-4,8,16H2,1-2H3. The molecule has 0 unspecified atom stereocenters. The Bertz CT molecular complexity index is 586. The van der Waals surface area contributed by atoms with E-state index in [4.69, 9.17) is 10.5 Å². The Balaban J connectivity index is 2.09. The third kappa shape index (κ3) is 3.60. The van der Waals surface area contributed by atoms with Crippen molar-refractivity contribution in [1.82, 2.24) is 4.98 Å². The summed E-state index contributed by atoms with van der Waals surface area (Å²) in [5.41, 5.74) is 6.83. The Kier molecular flexibility index (Phi) is 4.79. The lowest BCUT2D eigenvalue weighted by Crippen LogP contribution is -2.05. The first kappa shape index (κ1) is 14.6. The maximum atomic E-state index is 13.7. The summed E-state index contributed by atoms with van der Waals surface area (Å²) in [7, 11) is 0. The molecule has 6 heteroatoms. The van der Waals surface area contributed by atoms with E-state index in [1.54, 1.807) is 17.4 Å². The Labute approximate surface area is 121 Å². The molecule has 2 rings (SSSR count). The smallest absolute Gasteiger partial charge is 0.167 e. The normalized spacial score (nSPS) is 10.6. The molecular weight excluding hydrogens is 277 g/mol. The highest BCUT2D eigenvalue weighted by molar-refractivity contribution is 7.11. The van der Waals surface area contributed by atoms with E-state index >= 15 is 0 Å². The molecular formula is C14H18FN3OS. The zero-order chi connectivity index (χ0) is 14.5. The lowest BCUT2D eigenvalue weighted by Gasteiger charge is -2.12. The number of hydrogen-bond donors (Lipinski definition) is 2. The van der Waals surface area contributed by atoms with Crippen LogP contribution in [-0.4, -0.2) is 11.6 Å². The topological polar surface area (TPSA) is 60.2 Å². The second kappa shape index (κ2) is 6.56. The van der Waals surface area contributed by atoms with E-state index in [0.29, 0.717) is 24.5 Å². The van der Waals surface area contributed by atoms with Crippen LogP contribution in [0.25, 0.3) is 0 Å². The molecule has 0 atom stereocenters. The average molecular weight is 295 g/mol. The van der Waals surface area contributed by atoms with E-state index in [1.807, 2.05) is 20.0 Å². The number of hydrogen-bond acceptors (Lipinski definition) is 5. The number of aromatic nitrogens is 1. The Morgan fingerprint density at radius 2 is 2.25 bits per heavy atom. The molecule has 1 aromatic heterocycles. The predicted octanol–water partition coefficient (Wildman–Crippen LogP) is 3.57. The number of nitrogens with zero attached hydrogens (tertiary/aromatic N) is 1. The fourth-order valence-electron chi connectivity index (χ4n) is 1.70. The molecule has 1 aromatic carbocycles. The molecule has 0 saturated heterocycles. The number of anilines is 2. The molecule has 2 aromatic rings. The van der Waals surface area contributed by atoms with Crippen LogP contribution in [0.2, 0.25) is 0 Å². The van der Waals surface area contributed by atoms with Gasteiger partial charge in [-0.2, -0.15) is 0 Å². The van der Waals surface area contributed by atoms with E-state index in [2.05, 4.69) is 10.3 Å². The fraction of sp³-hybridized carbons (Fsp3) is 0.357. The highest BCUT2D eigenvalue weighted by atomic mass is 32.1. The monoisotopic (exact) mass is 295 g/mol. The van der Waals surface area contributed by atoms with Crippen molar-refractivity contribution in [2.24, 2.45) is 0 Å². The minimum atomic E-state index is -0.438. The van der Waals surface area contributed by atoms with Gasteiger partial charge < -0.3 is 15.8 Å². The number of thiazole rings is 1. The first-order chi connectivity index (χ1) is 9.60. The minimum Gasteiger partial charge on any atom is -0.490 e. The molecule has 0 fully saturated rings. The van der Waals surface area contributed by atoms with Crippen molar-refractivity contribution in [3.05, 3.63) is 34.0 Å². The van der Waals surface area contributed by atoms with Crippen LogP contribution in [0.4, 0.5) is 15.8 Å². The van der Waals surface area contributed by atoms with Crippen molar-refractivity contribution in [2.45, 2.75) is 26.8 Å². The maximum absolute atomic E-state index is 13.7. The van der Waals surface area contributed by atoms with E-state index in [1.165, 1.54) is 6.07 Å². The van der Waals surface area contributed by atoms with Crippen LogP contribution in [-0.2, 0) is 6.54 Å². The van der Waals surface area contributed by atoms with Crippen molar-refractivity contribution in [1.29, 1.82) is 0 Å². The molecule has 3 N–H and O–H groups in total. The van der Waals surface area contributed by atoms with E-state index in [9.17, 15) is 4.39 Å². The van der Waals surface area contributed by atoms with Gasteiger partial charge >= 0.3 is 0 Å². The largest absolute Gasteiger partial charge is 0.490 e. The van der Waals surface area contributed by atoms with Gasteiger partial charge in [0.2, 0.25) is 0 Å². The Morgan fingerprint density at radius 3 is 2.90 bits per heavy atom. The summed E-state index contributed by atoms with van der Waals surface area (Å²) in [5, 5.41) is 4.12. The summed E-state index contributed by atoms with van der Waals surface area (Å²) < 4.78 is 19.0. The van der Waals surface area contributed by atoms with Gasteiger partial charge in [0.25, 0.3) is 0 Å². The molecule has 0 spiro atoms. The summed E-state index contributed by atoms with van der Waals surface area (Å²) in [5.74, 6) is -0.217. The van der Waals surface area contributed by atoms with Crippen LogP contribution >= 0.6 is 11.3 Å². The van der Waals surface area contributed by atoms with Crippen LogP contribution in [0.15, 0.2) is 18.3 Å². The summed E-state index contributed by atoms with van der Waals surface area (Å²) in [6.45, 7) is 5.01. The quantitative estimate of drug-likeness (QED) is 0.800. The molecule has 0 aliphatic rings. The number of halogens is 1. The summed E-state index contributed by atoms with van der Waals surface area (Å²) in [6, 6.07) is 2.88. The molecule has 1 heterocycles. The Morgan fingerprint density at radius 1 is 1.45 bits per heavy atom. The van der Waals surface area contributed by atoms with Gasteiger partial charge in [-0.25, -0.2) is 9.37 Å². The van der Waals surface area contributed by atoms with E-state index < -0.39 is 5.82 Å². The van der Waals surface area contributed by atoms with Crippen molar-refractivity contribution in [2.75, 3.05) is 17.7 Å². The van der Waals surface area contributed by atoms with E-state index in [0.717, 1.165) is 16.3 Å². The fourth-order valence-corrected chi connectivity index (χ4v) is 2.43. The molecule has 4 nitrogen and oxygen atoms in total. The molecule has 20 heavy (non-hydrogen) atoms. The van der Waals surface area contributed by atoms with Crippen LogP contribution in [0.1, 0.15) is 23.2 Å². The van der Waals surface area contributed by atoms with E-state index in [-0.39, 0.29) is 5.75 Å². The number of aryl methyl sites for hydroxylation is 1. The number of ether oxygens (including phenoxy) is 1. The van der Waals surface area contributed by atoms with Gasteiger partial charge in [-0.3, -0.25) is 0 Å². The first-order valence-electron chi connectivity index (χ1n) is 6.47. The van der Waals surface area contributed by atoms with Gasteiger partial charge in [0.15, 0.2) is 11.6 Å². The highest BCUT2D eigenvalue weighted by Gasteiger charge is 2.09. The number of nitrogen functional groups attached to an aromatic ring is 1. The molecule has 0 amide bonds. The molecule has 0 bridgehead atoms. The summed E-state index contributed by atoms with van der Waals surface area (Å²) in [6.07, 6.45) is 2.65. The van der Waals surface area contributed by atoms with Gasteiger partial charge in [-0.1, -0.05) is 6.92 Å². The molecule has 0 saturated carbocycles. The van der Waals surface area contributed by atoms with Crippen molar-refractivity contribution in [3.63, 3.8) is 0 Å². The third-order valence-corrected chi connectivity index (χ3v) is 3.58. The van der Waals surface area contributed by atoms with Gasteiger partial charge in [-0.05, 0) is 13.3 Å². The van der Waals surface area contributed by atoms with Crippen LogP contribution in [0, 0.1) is 12.7 Å².